The van der Waals surface area contributed by atoms with Gasteiger partial charge in [0, 0.05) is 87.7 Å². The number of unbranched alkanes of at least 4 members (excludes halogenated alkanes) is 1. The summed E-state index contributed by atoms with van der Waals surface area (Å²) >= 11 is 0. The minimum absolute atomic E-state index is 0.0232. The van der Waals surface area contributed by atoms with Gasteiger partial charge in [0.1, 0.15) is 48.6 Å². The first kappa shape index (κ1) is 44.8. The third-order valence-electron chi connectivity index (χ3n) is 11.6. The molecule has 0 radical (unpaired) electrons. The van der Waals surface area contributed by atoms with Crippen LogP contribution in [0.25, 0.3) is 66.8 Å². The number of carboxylic acid groups (broad SMARTS) is 3. The lowest BCUT2D eigenvalue weighted by Gasteiger charge is -2.18. The van der Waals surface area contributed by atoms with E-state index in [1.165, 1.54) is 66.7 Å². The molecule has 0 bridgehead atoms. The number of phenols is 1. The number of anilines is 1. The molecule has 7 N–H and O–H groups in total. The fraction of sp³-hybridized carbons (Fsp3) is 0.157. The molecular formula is C51H43N4O12+. The van der Waals surface area contributed by atoms with Crippen molar-refractivity contribution >= 4 is 57.3 Å². The van der Waals surface area contributed by atoms with Crippen LogP contribution in [0.5, 0.6) is 5.75 Å². The van der Waals surface area contributed by atoms with E-state index in [4.69, 9.17) is 8.83 Å². The van der Waals surface area contributed by atoms with Crippen LogP contribution in [0.1, 0.15) is 60.7 Å². The van der Waals surface area contributed by atoms with Crippen molar-refractivity contribution in [3.63, 3.8) is 0 Å². The molecule has 4 aromatic rings. The maximum Gasteiger partial charge on any atom is 0.336 e. The molecule has 16 nitrogen and oxygen atoms in total. The Hall–Kier alpha value is -8.79. The summed E-state index contributed by atoms with van der Waals surface area (Å²) in [7, 11) is 5.55. The number of aromatic carboxylic acids is 2. The number of amides is 2. The second-order valence-electron chi connectivity index (χ2n) is 16.1. The maximum absolute atomic E-state index is 13.5. The zero-order valence-electron chi connectivity index (χ0n) is 36.3. The van der Waals surface area contributed by atoms with Gasteiger partial charge in [0.25, 0.3) is 11.8 Å². The molecule has 1 atom stereocenters. The summed E-state index contributed by atoms with van der Waals surface area (Å²) in [5.74, 6) is -4.71. The largest absolute Gasteiger partial charge is 0.508 e. The lowest BCUT2D eigenvalue weighted by Crippen LogP contribution is -2.41. The highest BCUT2D eigenvalue weighted by Crippen LogP contribution is 2.43. The fourth-order valence-corrected chi connectivity index (χ4v) is 8.19. The van der Waals surface area contributed by atoms with Crippen LogP contribution in [0.3, 0.4) is 0 Å². The average Bonchev–Trinajstić information content (AvgIpc) is 3.30. The van der Waals surface area contributed by atoms with Gasteiger partial charge in [-0.1, -0.05) is 12.1 Å². The van der Waals surface area contributed by atoms with Crippen LogP contribution in [-0.4, -0.2) is 83.9 Å². The lowest BCUT2D eigenvalue weighted by molar-refractivity contribution is -0.139. The predicted octanol–water partition coefficient (Wildman–Crippen LogP) is 7.04. The molecule has 0 saturated carbocycles. The predicted molar refractivity (Wildman–Crippen MR) is 250 cm³/mol. The molecule has 2 heterocycles. The summed E-state index contributed by atoms with van der Waals surface area (Å²) < 4.78 is 14.1. The number of carbonyl (C=O) groups excluding carboxylic acids is 2. The van der Waals surface area contributed by atoms with E-state index in [1.54, 1.807) is 13.1 Å². The summed E-state index contributed by atoms with van der Waals surface area (Å²) in [4.78, 5) is 76.8. The number of hydrogen-bond donors (Lipinski definition) is 7. The van der Waals surface area contributed by atoms with Gasteiger partial charge in [-0.15, -0.1) is 0 Å². The highest BCUT2D eigenvalue weighted by molar-refractivity contribution is 6.11. The van der Waals surface area contributed by atoms with Gasteiger partial charge in [0.05, 0.1) is 17.2 Å². The molecule has 0 fully saturated rings. The van der Waals surface area contributed by atoms with Crippen molar-refractivity contribution in [3.05, 3.63) is 147 Å². The molecule has 0 spiro atoms. The minimum atomic E-state index is -1.35. The van der Waals surface area contributed by atoms with Crippen molar-refractivity contribution in [2.75, 3.05) is 33.0 Å². The molecule has 1 unspecified atom stereocenters. The first-order valence-electron chi connectivity index (χ1n) is 21.1. The van der Waals surface area contributed by atoms with Crippen molar-refractivity contribution in [1.29, 1.82) is 0 Å². The van der Waals surface area contributed by atoms with Crippen LogP contribution in [0.2, 0.25) is 0 Å². The van der Waals surface area contributed by atoms with E-state index in [0.29, 0.717) is 56.4 Å². The Morgan fingerprint density at radius 3 is 1.79 bits per heavy atom. The van der Waals surface area contributed by atoms with E-state index in [9.17, 15) is 49.2 Å². The molecule has 67 heavy (non-hydrogen) atoms. The van der Waals surface area contributed by atoms with Gasteiger partial charge in [0.2, 0.25) is 5.36 Å². The molecular weight excluding hydrogens is 861 g/mol. The third-order valence-corrected chi connectivity index (χ3v) is 11.6. The summed E-state index contributed by atoms with van der Waals surface area (Å²) in [5, 5.41) is 51.2. The number of carbonyl (C=O) groups is 5. The molecule has 4 aromatic carbocycles. The third kappa shape index (κ3) is 9.00. The number of phenolic OH excluding ortho intramolecular Hbond substituents is 1. The summed E-state index contributed by atoms with van der Waals surface area (Å²) in [5.41, 5.74) is 3.43. The van der Waals surface area contributed by atoms with Crippen LogP contribution < -0.4 is 31.3 Å². The first-order chi connectivity index (χ1) is 32.1. The maximum atomic E-state index is 13.5. The van der Waals surface area contributed by atoms with E-state index >= 15 is 0 Å². The molecule has 16 heteroatoms. The number of nitrogens with one attached hydrogen (secondary N) is 3. The van der Waals surface area contributed by atoms with Gasteiger partial charge in [-0.3, -0.25) is 14.4 Å². The molecule has 338 valence electrons. The first-order valence-corrected chi connectivity index (χ1v) is 21.1. The van der Waals surface area contributed by atoms with Gasteiger partial charge in [-0.25, -0.2) is 19.0 Å². The van der Waals surface area contributed by atoms with Gasteiger partial charge in [0.15, 0.2) is 5.43 Å². The van der Waals surface area contributed by atoms with Gasteiger partial charge in [-0.2, -0.15) is 0 Å². The van der Waals surface area contributed by atoms with E-state index in [-0.39, 0.29) is 69.7 Å². The number of carboxylic acids is 3. The van der Waals surface area contributed by atoms with Crippen LogP contribution in [0.4, 0.5) is 5.69 Å². The Kier molecular flexibility index (Phi) is 12.3. The second kappa shape index (κ2) is 18.4. The molecule has 0 saturated heterocycles. The second-order valence-corrected chi connectivity index (χ2v) is 16.1. The standard InChI is InChI=1S/C51H42N4O12/c1-52-28-9-15-34-41(22-28)66-42-23-29(55(2)3)10-16-35(42)45(34)33-14-8-27(21-39(33)50(62)63)48(59)54-40(51(64)65)6-4-5-19-53-47(58)26-7-13-32(38(20-26)49(60)61)46-36-17-11-30(56)24-43(36)67-44-25-31(57)12-18-37(44)46/h7-18,20-25,40H,4-6,19H2,1-3H3,(H6,53,54,56,57,58,59,60,61,62,63,64,65)/p+1. The van der Waals surface area contributed by atoms with Crippen molar-refractivity contribution < 1.29 is 53.2 Å². The van der Waals surface area contributed by atoms with Crippen LogP contribution in [0, 0.1) is 0 Å². The highest BCUT2D eigenvalue weighted by atomic mass is 16.4. The zero-order valence-corrected chi connectivity index (χ0v) is 36.3. The number of aliphatic carboxylic acids is 1. The number of fused-ring (bicyclic) bond motifs is 4. The Bertz CT molecular complexity index is 3400. The van der Waals surface area contributed by atoms with Crippen molar-refractivity contribution in [1.82, 2.24) is 15.2 Å². The van der Waals surface area contributed by atoms with E-state index in [1.807, 2.05) is 55.1 Å². The van der Waals surface area contributed by atoms with E-state index in [2.05, 4.69) is 16.0 Å². The van der Waals surface area contributed by atoms with Gasteiger partial charge < -0.3 is 45.2 Å². The van der Waals surface area contributed by atoms with Crippen molar-refractivity contribution in [2.24, 2.45) is 0 Å². The van der Waals surface area contributed by atoms with Gasteiger partial charge >= 0.3 is 17.9 Å². The normalized spacial score (nSPS) is 11.7. The van der Waals surface area contributed by atoms with Crippen molar-refractivity contribution in [2.45, 2.75) is 25.3 Å². The Labute approximate surface area is 380 Å². The molecule has 2 aliphatic carbocycles. The summed E-state index contributed by atoms with van der Waals surface area (Å²) in [6.45, 7) is 0.0893. The number of benzene rings is 6. The fourth-order valence-electron chi connectivity index (χ4n) is 8.19. The quantitative estimate of drug-likeness (QED) is 0.0329. The lowest BCUT2D eigenvalue weighted by atomic mass is 9.89. The van der Waals surface area contributed by atoms with Crippen LogP contribution >= 0.6 is 0 Å². The Morgan fingerprint density at radius 2 is 1.19 bits per heavy atom. The number of nitrogens with zero attached hydrogens (tertiary/aromatic N) is 1. The number of hydrogen-bond acceptors (Lipinski definition) is 10. The molecule has 4 aliphatic rings. The highest BCUT2D eigenvalue weighted by Gasteiger charge is 2.27. The Morgan fingerprint density at radius 1 is 0.627 bits per heavy atom. The molecule has 2 aliphatic heterocycles. The molecule has 2 amide bonds. The monoisotopic (exact) mass is 903 g/mol. The van der Waals surface area contributed by atoms with Crippen LogP contribution in [0.15, 0.2) is 123 Å². The minimum Gasteiger partial charge on any atom is -0.508 e. The zero-order chi connectivity index (χ0) is 47.7. The van der Waals surface area contributed by atoms with E-state index in [0.717, 1.165) is 11.0 Å². The smallest absolute Gasteiger partial charge is 0.336 e. The summed E-state index contributed by atoms with van der Waals surface area (Å²) in [6.07, 6.45) is 0.523. The van der Waals surface area contributed by atoms with E-state index < -0.39 is 35.8 Å². The summed E-state index contributed by atoms with van der Waals surface area (Å²) in [6, 6.07) is 26.6. The Balaban J connectivity index is 0.959. The van der Waals surface area contributed by atoms with Crippen LogP contribution in [-0.2, 0) is 4.79 Å². The molecule has 8 rings (SSSR count). The molecule has 0 aromatic heterocycles. The number of aromatic hydroxyl groups is 1. The number of rotatable bonds is 14. The van der Waals surface area contributed by atoms with Crippen molar-refractivity contribution in [3.8, 4) is 50.7 Å². The average molecular weight is 904 g/mol. The van der Waals surface area contributed by atoms with Gasteiger partial charge in [-0.05, 0) is 97.1 Å². The topological polar surface area (TPSA) is 249 Å². The SMILES string of the molecule is CNc1ccc2c(-c3ccc(C(=O)NC(CCCCNC(=O)c4ccc(-c5c6ccc(=O)cc-6oc6cc(O)ccc56)c(C(=O)O)c4)C(=O)O)cc3C(=O)O)c3ccc(=[N+](C)C)cc-3oc2c1.